The molecule has 0 aliphatic rings. The molecular weight excluding hydrogens is 330 g/mol. The Hall–Kier alpha value is -1.68. The van der Waals surface area contributed by atoms with Gasteiger partial charge in [0.1, 0.15) is 0 Å². The number of hydrogen-bond donors (Lipinski definition) is 0. The van der Waals surface area contributed by atoms with Gasteiger partial charge in [-0.2, -0.15) is 36.9 Å². The minimum atomic E-state index is -5.77. The number of nitrogens with zero attached hydrogens (tertiary/aromatic N) is 2. The van der Waals surface area contributed by atoms with Gasteiger partial charge in [0, 0.05) is 6.42 Å². The van der Waals surface area contributed by atoms with Crippen LogP contribution >= 0.6 is 0 Å². The maximum Gasteiger partial charge on any atom is 0.403 e. The van der Waals surface area contributed by atoms with Crippen molar-refractivity contribution < 1.29 is 30.8 Å². The highest BCUT2D eigenvalue weighted by Crippen LogP contribution is 2.50. The molecule has 0 aromatic carbocycles. The maximum atomic E-state index is 12.7. The van der Waals surface area contributed by atoms with Gasteiger partial charge < -0.3 is 4.43 Å². The van der Waals surface area contributed by atoms with Crippen LogP contribution in [0.5, 0.6) is 0 Å². The first-order valence-corrected chi connectivity index (χ1v) is 9.39. The van der Waals surface area contributed by atoms with E-state index in [4.69, 9.17) is 14.9 Å². The fraction of sp³-hybridized carbons (Fsp3) is 0.667. The standard InChI is InChI=1S/C12H14F6N2OSi/c1-22(2,3)21-6-4-5-10(7-19,8-20)9(11(13,14)15)12(16,17)18/h4,6,9H,5H2,1-3H3/b6-4+. The summed E-state index contributed by atoms with van der Waals surface area (Å²) in [4.78, 5) is 0. The summed E-state index contributed by atoms with van der Waals surface area (Å²) in [7, 11) is -2.07. The van der Waals surface area contributed by atoms with Crippen molar-refractivity contribution >= 4 is 8.32 Å². The summed E-state index contributed by atoms with van der Waals surface area (Å²) >= 11 is 0. The first-order chi connectivity index (χ1) is 9.69. The van der Waals surface area contributed by atoms with Crippen LogP contribution in [0.3, 0.4) is 0 Å². The van der Waals surface area contributed by atoms with E-state index in [0.29, 0.717) is 0 Å². The molecule has 0 saturated heterocycles. The maximum absolute atomic E-state index is 12.7. The fourth-order valence-electron chi connectivity index (χ4n) is 1.59. The summed E-state index contributed by atoms with van der Waals surface area (Å²) in [6.45, 7) is 5.23. The predicted molar refractivity (Wildman–Crippen MR) is 67.4 cm³/mol. The number of halogens is 6. The molecule has 0 aromatic heterocycles. The normalized spacial score (nSPS) is 14.0. The van der Waals surface area contributed by atoms with Gasteiger partial charge >= 0.3 is 12.4 Å². The Labute approximate surface area is 124 Å². The molecule has 0 fully saturated rings. The number of alkyl halides is 6. The molecule has 0 aromatic rings. The van der Waals surface area contributed by atoms with Crippen LogP contribution in [0.15, 0.2) is 12.3 Å². The van der Waals surface area contributed by atoms with E-state index in [-0.39, 0.29) is 0 Å². The lowest BCUT2D eigenvalue weighted by Crippen LogP contribution is -2.47. The molecule has 0 rings (SSSR count). The van der Waals surface area contributed by atoms with E-state index in [0.717, 1.165) is 24.5 Å². The number of hydrogen-bond acceptors (Lipinski definition) is 3. The molecule has 0 radical (unpaired) electrons. The zero-order valence-electron chi connectivity index (χ0n) is 12.0. The van der Waals surface area contributed by atoms with Crippen LogP contribution in [-0.4, -0.2) is 20.7 Å². The van der Waals surface area contributed by atoms with Crippen molar-refractivity contribution in [1.82, 2.24) is 0 Å². The van der Waals surface area contributed by atoms with Crippen molar-refractivity contribution in [2.45, 2.75) is 38.4 Å². The van der Waals surface area contributed by atoms with E-state index in [1.54, 1.807) is 19.6 Å². The third-order valence-electron chi connectivity index (χ3n) is 2.50. The smallest absolute Gasteiger partial charge is 0.403 e. The summed E-state index contributed by atoms with van der Waals surface area (Å²) in [6.07, 6.45) is -10.8. The van der Waals surface area contributed by atoms with Crippen LogP contribution in [0.25, 0.3) is 0 Å². The minimum Gasteiger partial charge on any atom is -0.550 e. The van der Waals surface area contributed by atoms with Crippen molar-refractivity contribution in [3.05, 3.63) is 12.3 Å². The Kier molecular flexibility index (Phi) is 6.10. The molecule has 0 atom stereocenters. The second kappa shape index (κ2) is 6.61. The van der Waals surface area contributed by atoms with E-state index in [1.165, 1.54) is 0 Å². The summed E-state index contributed by atoms with van der Waals surface area (Å²) in [5, 5.41) is 17.6. The molecule has 0 spiro atoms. The highest BCUT2D eigenvalue weighted by Gasteiger charge is 2.67. The summed E-state index contributed by atoms with van der Waals surface area (Å²) in [6, 6.07) is 1.76. The minimum absolute atomic E-state index is 0.842. The lowest BCUT2D eigenvalue weighted by atomic mass is 9.74. The largest absolute Gasteiger partial charge is 0.550 e. The summed E-state index contributed by atoms with van der Waals surface area (Å²) in [5.74, 6) is -4.06. The molecule has 0 N–H and O–H groups in total. The van der Waals surface area contributed by atoms with E-state index >= 15 is 0 Å². The van der Waals surface area contributed by atoms with Gasteiger partial charge in [-0.25, -0.2) is 0 Å². The van der Waals surface area contributed by atoms with Crippen molar-refractivity contribution in [3.63, 3.8) is 0 Å². The van der Waals surface area contributed by atoms with E-state index < -0.39 is 38.4 Å². The molecule has 3 nitrogen and oxygen atoms in total. The van der Waals surface area contributed by atoms with Crippen LogP contribution in [0.2, 0.25) is 19.6 Å². The molecule has 0 heterocycles. The van der Waals surface area contributed by atoms with Crippen LogP contribution in [0.4, 0.5) is 26.3 Å². The van der Waals surface area contributed by atoms with Crippen molar-refractivity contribution in [2.24, 2.45) is 11.3 Å². The van der Waals surface area contributed by atoms with E-state index in [9.17, 15) is 26.3 Å². The quantitative estimate of drug-likeness (QED) is 0.419. The highest BCUT2D eigenvalue weighted by atomic mass is 28.4. The van der Waals surface area contributed by atoms with Gasteiger partial charge in [0.25, 0.3) is 0 Å². The average molecular weight is 344 g/mol. The van der Waals surface area contributed by atoms with E-state index in [1.807, 2.05) is 0 Å². The molecule has 0 amide bonds. The first kappa shape index (κ1) is 20.3. The van der Waals surface area contributed by atoms with Crippen LogP contribution in [-0.2, 0) is 4.43 Å². The van der Waals surface area contributed by atoms with Gasteiger partial charge in [-0.15, -0.1) is 0 Å². The lowest BCUT2D eigenvalue weighted by Gasteiger charge is -2.31. The zero-order chi connectivity index (χ0) is 17.8. The molecular formula is C12H14F6N2OSi. The second-order valence-corrected chi connectivity index (χ2v) is 9.98. The third kappa shape index (κ3) is 5.60. The van der Waals surface area contributed by atoms with Gasteiger partial charge in [-0.3, -0.25) is 0 Å². The van der Waals surface area contributed by atoms with Crippen molar-refractivity contribution in [2.75, 3.05) is 0 Å². The Balaban J connectivity index is 5.59. The third-order valence-corrected chi connectivity index (χ3v) is 3.35. The molecule has 124 valence electrons. The number of rotatable bonds is 5. The molecule has 0 saturated carbocycles. The predicted octanol–water partition coefficient (Wildman–Crippen LogP) is 4.52. The Morgan fingerprint density at radius 3 is 1.68 bits per heavy atom. The summed E-state index contributed by atoms with van der Waals surface area (Å²) < 4.78 is 81.4. The Morgan fingerprint density at radius 2 is 1.41 bits per heavy atom. The number of nitriles is 2. The van der Waals surface area contributed by atoms with Gasteiger partial charge in [-0.05, 0) is 25.7 Å². The summed E-state index contributed by atoms with van der Waals surface area (Å²) in [5.41, 5.74) is -3.30. The molecule has 0 aliphatic carbocycles. The SMILES string of the molecule is C[Si](C)(C)O/C=C/CC(C#N)(C#N)C(C(F)(F)F)C(F)(F)F. The van der Waals surface area contributed by atoms with Crippen LogP contribution in [0, 0.1) is 34.0 Å². The Morgan fingerprint density at radius 1 is 1.00 bits per heavy atom. The molecule has 0 bridgehead atoms. The van der Waals surface area contributed by atoms with Gasteiger partial charge in [0.2, 0.25) is 8.32 Å². The molecule has 0 aliphatic heterocycles. The number of allylic oxidation sites excluding steroid dienone is 1. The molecule has 22 heavy (non-hydrogen) atoms. The highest BCUT2D eigenvalue weighted by molar-refractivity contribution is 6.69. The molecule has 10 heteroatoms. The first-order valence-electron chi connectivity index (χ1n) is 5.98. The zero-order valence-corrected chi connectivity index (χ0v) is 13.0. The monoisotopic (exact) mass is 344 g/mol. The van der Waals surface area contributed by atoms with Gasteiger partial charge in [0.15, 0.2) is 11.3 Å². The Bertz CT molecular complexity index is 464. The topological polar surface area (TPSA) is 56.8 Å². The second-order valence-electron chi connectivity index (χ2n) is 5.52. The van der Waals surface area contributed by atoms with Crippen LogP contribution in [0.1, 0.15) is 6.42 Å². The fourth-order valence-corrected chi connectivity index (χ4v) is 2.10. The van der Waals surface area contributed by atoms with Gasteiger partial charge in [0.05, 0.1) is 18.4 Å². The lowest BCUT2D eigenvalue weighted by molar-refractivity contribution is -0.302. The van der Waals surface area contributed by atoms with Gasteiger partial charge in [-0.1, -0.05) is 0 Å². The van der Waals surface area contributed by atoms with Crippen molar-refractivity contribution in [3.8, 4) is 12.1 Å². The van der Waals surface area contributed by atoms with E-state index in [2.05, 4.69) is 0 Å². The molecule has 0 unspecified atom stereocenters. The average Bonchev–Trinajstić information content (AvgIpc) is 2.28. The van der Waals surface area contributed by atoms with Crippen molar-refractivity contribution in [1.29, 1.82) is 10.5 Å². The van der Waals surface area contributed by atoms with Crippen LogP contribution < -0.4 is 0 Å².